The molecule has 5 heteroatoms. The van der Waals surface area contributed by atoms with Gasteiger partial charge < -0.3 is 9.94 Å². The second kappa shape index (κ2) is 3.45. The van der Waals surface area contributed by atoms with E-state index in [-0.39, 0.29) is 11.7 Å². The summed E-state index contributed by atoms with van der Waals surface area (Å²) in [6.07, 6.45) is -0.267. The van der Waals surface area contributed by atoms with Gasteiger partial charge in [0.2, 0.25) is 6.10 Å². The van der Waals surface area contributed by atoms with Crippen LogP contribution in [0.3, 0.4) is 0 Å². The Bertz CT molecular complexity index is 389. The normalized spacial score (nSPS) is 19.7. The van der Waals surface area contributed by atoms with Gasteiger partial charge in [0.25, 0.3) is 0 Å². The van der Waals surface area contributed by atoms with Crippen molar-refractivity contribution in [3.05, 3.63) is 29.8 Å². The Balaban J connectivity index is 2.08. The highest BCUT2D eigenvalue weighted by molar-refractivity contribution is 5.82. The Kier molecular flexibility index (Phi) is 2.14. The predicted octanol–water partition coefficient (Wildman–Crippen LogP) is 1.23. The maximum absolute atomic E-state index is 11.0. The van der Waals surface area contributed by atoms with E-state index in [1.807, 2.05) is 0 Å². The molecule has 0 fully saturated rings. The van der Waals surface area contributed by atoms with E-state index in [4.69, 9.17) is 4.84 Å². The second-order valence-corrected chi connectivity index (χ2v) is 2.99. The number of nitrogens with zero attached hydrogens (tertiary/aromatic N) is 2. The van der Waals surface area contributed by atoms with E-state index in [2.05, 4.69) is 10.4 Å². The fourth-order valence-electron chi connectivity index (χ4n) is 1.25. The lowest BCUT2D eigenvalue weighted by molar-refractivity contribution is -0.123. The molecule has 72 valence electrons. The summed E-state index contributed by atoms with van der Waals surface area (Å²) < 4.78 is 0. The van der Waals surface area contributed by atoms with E-state index in [1.165, 1.54) is 0 Å². The summed E-state index contributed by atoms with van der Waals surface area (Å²) in [5.41, 5.74) is 0.815. The topological polar surface area (TPSA) is 71.2 Å². The minimum absolute atomic E-state index is 0.168. The molecule has 1 unspecified atom stereocenters. The zero-order valence-corrected chi connectivity index (χ0v) is 7.25. The van der Waals surface area contributed by atoms with Crippen LogP contribution in [0.25, 0.3) is 0 Å². The molecule has 1 atom stereocenters. The standard InChI is InChI=1S/C9H8N2O3/c12-7-3-1-2-6(4-7)5-8-9(13)10-11-14-8/h1-4,8,12H,5H2. The van der Waals surface area contributed by atoms with Gasteiger partial charge in [-0.25, -0.2) is 0 Å². The van der Waals surface area contributed by atoms with Gasteiger partial charge in [-0.3, -0.25) is 4.79 Å². The smallest absolute Gasteiger partial charge is 0.311 e. The van der Waals surface area contributed by atoms with Gasteiger partial charge in [-0.15, -0.1) is 0 Å². The molecule has 5 nitrogen and oxygen atoms in total. The molecule has 14 heavy (non-hydrogen) atoms. The highest BCUT2D eigenvalue weighted by Gasteiger charge is 2.25. The number of phenols is 1. The van der Waals surface area contributed by atoms with Gasteiger partial charge >= 0.3 is 5.91 Å². The first-order chi connectivity index (χ1) is 6.75. The van der Waals surface area contributed by atoms with Crippen molar-refractivity contribution in [3.8, 4) is 5.75 Å². The molecule has 0 saturated heterocycles. The zero-order valence-electron chi connectivity index (χ0n) is 7.25. The minimum Gasteiger partial charge on any atom is -0.508 e. The quantitative estimate of drug-likeness (QED) is 0.765. The molecule has 0 aromatic heterocycles. The van der Waals surface area contributed by atoms with Crippen LogP contribution < -0.4 is 0 Å². The first-order valence-electron chi connectivity index (χ1n) is 4.14. The lowest BCUT2D eigenvalue weighted by atomic mass is 10.1. The average Bonchev–Trinajstić information content (AvgIpc) is 2.52. The summed E-state index contributed by atoms with van der Waals surface area (Å²) >= 11 is 0. The predicted molar refractivity (Wildman–Crippen MR) is 46.5 cm³/mol. The van der Waals surface area contributed by atoms with Crippen LogP contribution in [-0.4, -0.2) is 17.1 Å². The molecule has 1 aliphatic rings. The van der Waals surface area contributed by atoms with Crippen LogP contribution in [0.1, 0.15) is 5.56 Å². The molecular weight excluding hydrogens is 184 g/mol. The third-order valence-corrected chi connectivity index (χ3v) is 1.92. The molecule has 1 aromatic rings. The summed E-state index contributed by atoms with van der Waals surface area (Å²) in [6, 6.07) is 6.65. The van der Waals surface area contributed by atoms with Crippen molar-refractivity contribution in [3.63, 3.8) is 0 Å². The third-order valence-electron chi connectivity index (χ3n) is 1.92. The molecule has 0 aliphatic carbocycles. The summed E-state index contributed by atoms with van der Waals surface area (Å²) in [6.45, 7) is 0. The first kappa shape index (κ1) is 8.68. The van der Waals surface area contributed by atoms with E-state index in [0.717, 1.165) is 5.56 Å². The molecule has 1 heterocycles. The van der Waals surface area contributed by atoms with E-state index >= 15 is 0 Å². The van der Waals surface area contributed by atoms with Gasteiger partial charge in [-0.05, 0) is 17.7 Å². The Morgan fingerprint density at radius 2 is 2.36 bits per heavy atom. The largest absolute Gasteiger partial charge is 0.508 e. The summed E-state index contributed by atoms with van der Waals surface area (Å²) in [7, 11) is 0. The van der Waals surface area contributed by atoms with Crippen molar-refractivity contribution < 1.29 is 14.7 Å². The number of hydrogen-bond donors (Lipinski definition) is 1. The fourth-order valence-corrected chi connectivity index (χ4v) is 1.25. The number of benzene rings is 1. The number of rotatable bonds is 2. The minimum atomic E-state index is -0.642. The van der Waals surface area contributed by atoms with Gasteiger partial charge in [0, 0.05) is 11.7 Å². The van der Waals surface area contributed by atoms with Crippen LogP contribution in [-0.2, 0) is 16.1 Å². The molecule has 1 aliphatic heterocycles. The highest BCUT2D eigenvalue weighted by atomic mass is 16.7. The Morgan fingerprint density at radius 3 is 3.00 bits per heavy atom. The highest BCUT2D eigenvalue weighted by Crippen LogP contribution is 2.16. The van der Waals surface area contributed by atoms with Crippen molar-refractivity contribution >= 4 is 5.91 Å². The molecule has 2 rings (SSSR count). The SMILES string of the molecule is O=C1N=NOC1Cc1cccc(O)c1. The summed E-state index contributed by atoms with van der Waals surface area (Å²) in [5, 5.41) is 15.6. The van der Waals surface area contributed by atoms with Gasteiger partial charge in [0.15, 0.2) is 0 Å². The van der Waals surface area contributed by atoms with E-state index in [1.54, 1.807) is 24.3 Å². The molecule has 0 spiro atoms. The maximum Gasteiger partial charge on any atom is 0.311 e. The van der Waals surface area contributed by atoms with Crippen LogP contribution in [0.5, 0.6) is 5.75 Å². The number of aromatic hydroxyl groups is 1. The van der Waals surface area contributed by atoms with E-state index < -0.39 is 6.10 Å². The van der Waals surface area contributed by atoms with Crippen LogP contribution in [0.4, 0.5) is 0 Å². The molecule has 1 amide bonds. The van der Waals surface area contributed by atoms with Crippen LogP contribution >= 0.6 is 0 Å². The second-order valence-electron chi connectivity index (χ2n) is 2.99. The number of hydrogen-bond acceptors (Lipinski definition) is 4. The lowest BCUT2D eigenvalue weighted by Crippen LogP contribution is -2.18. The van der Waals surface area contributed by atoms with Crippen molar-refractivity contribution in [2.45, 2.75) is 12.5 Å². The average molecular weight is 192 g/mol. The summed E-state index contributed by atoms with van der Waals surface area (Å²) in [4.78, 5) is 15.8. The maximum atomic E-state index is 11.0. The van der Waals surface area contributed by atoms with Gasteiger partial charge in [0.05, 0.1) is 0 Å². The molecule has 1 N–H and O–H groups in total. The van der Waals surface area contributed by atoms with Crippen molar-refractivity contribution in [2.24, 2.45) is 10.4 Å². The van der Waals surface area contributed by atoms with Gasteiger partial charge in [-0.2, -0.15) is 0 Å². The molecule has 0 saturated carbocycles. The zero-order chi connectivity index (χ0) is 9.97. The summed E-state index contributed by atoms with van der Waals surface area (Å²) in [5.74, 6) is -0.213. The van der Waals surface area contributed by atoms with Crippen LogP contribution in [0.2, 0.25) is 0 Å². The first-order valence-corrected chi connectivity index (χ1v) is 4.14. The van der Waals surface area contributed by atoms with Crippen molar-refractivity contribution in [2.75, 3.05) is 0 Å². The Hall–Kier alpha value is -1.91. The van der Waals surface area contributed by atoms with E-state index in [0.29, 0.717) is 6.42 Å². The number of amides is 1. The van der Waals surface area contributed by atoms with Crippen molar-refractivity contribution in [1.82, 2.24) is 0 Å². The van der Waals surface area contributed by atoms with Crippen LogP contribution in [0.15, 0.2) is 34.7 Å². The Labute approximate surface area is 80.0 Å². The monoisotopic (exact) mass is 192 g/mol. The van der Waals surface area contributed by atoms with Crippen LogP contribution in [0, 0.1) is 0 Å². The third kappa shape index (κ3) is 1.71. The molecule has 1 aromatic carbocycles. The Morgan fingerprint density at radius 1 is 1.50 bits per heavy atom. The molecule has 0 bridgehead atoms. The van der Waals surface area contributed by atoms with Gasteiger partial charge in [0.1, 0.15) is 5.75 Å². The van der Waals surface area contributed by atoms with E-state index in [9.17, 15) is 9.90 Å². The fraction of sp³-hybridized carbons (Fsp3) is 0.222. The lowest BCUT2D eigenvalue weighted by Gasteiger charge is -2.04. The molecule has 0 radical (unpaired) electrons. The number of phenolic OH excluding ortho intramolecular Hbond substituents is 1. The number of carbonyl (C=O) groups excluding carboxylic acids is 1. The molecular formula is C9H8N2O3. The van der Waals surface area contributed by atoms with Crippen molar-refractivity contribution in [1.29, 1.82) is 0 Å². The number of carbonyl (C=O) groups is 1. The van der Waals surface area contributed by atoms with Gasteiger partial charge in [-0.1, -0.05) is 17.2 Å².